The van der Waals surface area contributed by atoms with Gasteiger partial charge < -0.3 is 10.0 Å². The first-order valence-electron chi connectivity index (χ1n) is 4.08. The van der Waals surface area contributed by atoms with E-state index in [-0.39, 0.29) is 12.6 Å². The van der Waals surface area contributed by atoms with Crippen LogP contribution in [0, 0.1) is 0 Å². The third-order valence-corrected chi connectivity index (χ3v) is 1.98. The van der Waals surface area contributed by atoms with Crippen molar-refractivity contribution in [1.29, 1.82) is 0 Å². The summed E-state index contributed by atoms with van der Waals surface area (Å²) in [5.74, 6) is 0. The lowest BCUT2D eigenvalue weighted by Gasteiger charge is -2.22. The Labute approximate surface area is 73.4 Å². The van der Waals surface area contributed by atoms with Crippen LogP contribution in [0.1, 0.15) is 11.6 Å². The van der Waals surface area contributed by atoms with Gasteiger partial charge in [-0.15, -0.1) is 0 Å². The van der Waals surface area contributed by atoms with E-state index in [1.807, 2.05) is 49.3 Å². The maximum Gasteiger partial charge on any atom is 0.0628 e. The SMILES string of the molecule is CN(C)[C@@H](CO)c1ccccc1. The van der Waals surface area contributed by atoms with E-state index in [0.29, 0.717) is 0 Å². The predicted molar refractivity (Wildman–Crippen MR) is 50.0 cm³/mol. The second-order valence-electron chi connectivity index (χ2n) is 3.07. The standard InChI is InChI=1S/C10H15NO/c1-11(2)10(8-12)9-6-4-3-5-7-9/h3-7,10,12H,8H2,1-2H3/t10-/m0/s1. The number of hydrogen-bond acceptors (Lipinski definition) is 2. The Kier molecular flexibility index (Phi) is 3.26. The van der Waals surface area contributed by atoms with Crippen LogP contribution >= 0.6 is 0 Å². The Hall–Kier alpha value is -0.860. The van der Waals surface area contributed by atoms with Gasteiger partial charge in [-0.05, 0) is 19.7 Å². The van der Waals surface area contributed by atoms with Gasteiger partial charge in [0.1, 0.15) is 0 Å². The Bertz CT molecular complexity index is 221. The summed E-state index contributed by atoms with van der Waals surface area (Å²) < 4.78 is 0. The average Bonchev–Trinajstić information content (AvgIpc) is 2.07. The normalized spacial score (nSPS) is 13.3. The van der Waals surface area contributed by atoms with E-state index in [2.05, 4.69) is 0 Å². The zero-order valence-electron chi connectivity index (χ0n) is 7.57. The first-order valence-corrected chi connectivity index (χ1v) is 4.08. The van der Waals surface area contributed by atoms with E-state index in [1.165, 1.54) is 0 Å². The lowest BCUT2D eigenvalue weighted by molar-refractivity contribution is 0.171. The van der Waals surface area contributed by atoms with Crippen LogP contribution in [0.5, 0.6) is 0 Å². The summed E-state index contributed by atoms with van der Waals surface area (Å²) in [6, 6.07) is 10.1. The summed E-state index contributed by atoms with van der Waals surface area (Å²) >= 11 is 0. The van der Waals surface area contributed by atoms with Crippen LogP contribution in [0.2, 0.25) is 0 Å². The molecule has 0 saturated carbocycles. The van der Waals surface area contributed by atoms with Crippen molar-refractivity contribution in [2.24, 2.45) is 0 Å². The van der Waals surface area contributed by atoms with E-state index in [1.54, 1.807) is 0 Å². The van der Waals surface area contributed by atoms with Gasteiger partial charge in [-0.3, -0.25) is 0 Å². The smallest absolute Gasteiger partial charge is 0.0628 e. The molecule has 0 unspecified atom stereocenters. The lowest BCUT2D eigenvalue weighted by atomic mass is 10.1. The summed E-state index contributed by atoms with van der Waals surface area (Å²) in [5, 5.41) is 9.11. The molecule has 0 saturated heterocycles. The van der Waals surface area contributed by atoms with Crippen LogP contribution < -0.4 is 0 Å². The highest BCUT2D eigenvalue weighted by Crippen LogP contribution is 2.15. The first-order chi connectivity index (χ1) is 5.75. The molecular weight excluding hydrogens is 150 g/mol. The molecule has 0 amide bonds. The Morgan fingerprint density at radius 1 is 1.25 bits per heavy atom. The van der Waals surface area contributed by atoms with Gasteiger partial charge in [0.15, 0.2) is 0 Å². The molecule has 1 N–H and O–H groups in total. The fourth-order valence-corrected chi connectivity index (χ4v) is 1.24. The minimum Gasteiger partial charge on any atom is -0.394 e. The van der Waals surface area contributed by atoms with Crippen molar-refractivity contribution in [3.63, 3.8) is 0 Å². The second kappa shape index (κ2) is 4.24. The van der Waals surface area contributed by atoms with Gasteiger partial charge >= 0.3 is 0 Å². The molecule has 1 atom stereocenters. The molecule has 1 aromatic rings. The van der Waals surface area contributed by atoms with Crippen LogP contribution in [-0.2, 0) is 0 Å². The topological polar surface area (TPSA) is 23.5 Å². The molecule has 2 heteroatoms. The number of rotatable bonds is 3. The molecule has 0 aliphatic rings. The van der Waals surface area contributed by atoms with Gasteiger partial charge in [-0.1, -0.05) is 30.3 Å². The van der Waals surface area contributed by atoms with Crippen molar-refractivity contribution in [2.75, 3.05) is 20.7 Å². The van der Waals surface area contributed by atoms with Gasteiger partial charge in [0.05, 0.1) is 12.6 Å². The predicted octanol–water partition coefficient (Wildman–Crippen LogP) is 1.28. The number of nitrogens with zero attached hydrogens (tertiary/aromatic N) is 1. The molecule has 66 valence electrons. The van der Waals surface area contributed by atoms with E-state index < -0.39 is 0 Å². The Morgan fingerprint density at radius 2 is 1.83 bits per heavy atom. The van der Waals surface area contributed by atoms with Crippen LogP contribution in [0.4, 0.5) is 0 Å². The highest BCUT2D eigenvalue weighted by atomic mass is 16.3. The molecule has 0 bridgehead atoms. The van der Waals surface area contributed by atoms with Crippen molar-refractivity contribution >= 4 is 0 Å². The van der Waals surface area contributed by atoms with Crippen LogP contribution in [0.25, 0.3) is 0 Å². The van der Waals surface area contributed by atoms with Crippen molar-refractivity contribution in [3.05, 3.63) is 35.9 Å². The number of benzene rings is 1. The average molecular weight is 165 g/mol. The summed E-state index contributed by atoms with van der Waals surface area (Å²) in [6.45, 7) is 0.164. The van der Waals surface area contributed by atoms with E-state index in [9.17, 15) is 0 Å². The summed E-state index contributed by atoms with van der Waals surface area (Å²) in [4.78, 5) is 2.01. The van der Waals surface area contributed by atoms with Gasteiger partial charge in [0.25, 0.3) is 0 Å². The van der Waals surface area contributed by atoms with E-state index in [0.717, 1.165) is 5.56 Å². The van der Waals surface area contributed by atoms with Gasteiger partial charge in [0.2, 0.25) is 0 Å². The monoisotopic (exact) mass is 165 g/mol. The molecule has 0 spiro atoms. The second-order valence-corrected chi connectivity index (χ2v) is 3.07. The summed E-state index contributed by atoms with van der Waals surface area (Å²) in [6.07, 6.45) is 0. The highest BCUT2D eigenvalue weighted by molar-refractivity contribution is 5.18. The fraction of sp³-hybridized carbons (Fsp3) is 0.400. The molecular formula is C10H15NO. The molecule has 0 radical (unpaired) electrons. The lowest BCUT2D eigenvalue weighted by Crippen LogP contribution is -2.22. The van der Waals surface area contributed by atoms with Crippen LogP contribution in [0.3, 0.4) is 0 Å². The molecule has 0 aliphatic heterocycles. The number of aliphatic hydroxyl groups excluding tert-OH is 1. The number of likely N-dealkylation sites (N-methyl/N-ethyl adjacent to an activating group) is 1. The van der Waals surface area contributed by atoms with E-state index in [4.69, 9.17) is 5.11 Å². The summed E-state index contributed by atoms with van der Waals surface area (Å²) in [5.41, 5.74) is 1.16. The first kappa shape index (κ1) is 9.23. The molecule has 0 aromatic heterocycles. The van der Waals surface area contributed by atoms with Crippen LogP contribution in [-0.4, -0.2) is 30.7 Å². The zero-order chi connectivity index (χ0) is 8.97. The van der Waals surface area contributed by atoms with Gasteiger partial charge in [0, 0.05) is 0 Å². The number of hydrogen-bond donors (Lipinski definition) is 1. The molecule has 0 fully saturated rings. The van der Waals surface area contributed by atoms with Crippen molar-refractivity contribution < 1.29 is 5.11 Å². The Morgan fingerprint density at radius 3 is 2.25 bits per heavy atom. The molecule has 12 heavy (non-hydrogen) atoms. The molecule has 0 heterocycles. The molecule has 2 nitrogen and oxygen atoms in total. The van der Waals surface area contributed by atoms with Crippen molar-refractivity contribution in [1.82, 2.24) is 4.90 Å². The van der Waals surface area contributed by atoms with Crippen LogP contribution in [0.15, 0.2) is 30.3 Å². The quantitative estimate of drug-likeness (QED) is 0.729. The van der Waals surface area contributed by atoms with E-state index >= 15 is 0 Å². The third-order valence-electron chi connectivity index (χ3n) is 1.98. The third kappa shape index (κ3) is 2.06. The number of aliphatic hydroxyl groups is 1. The minimum absolute atomic E-state index is 0.117. The molecule has 1 rings (SSSR count). The molecule has 0 aliphatic carbocycles. The van der Waals surface area contributed by atoms with Gasteiger partial charge in [-0.25, -0.2) is 0 Å². The summed E-state index contributed by atoms with van der Waals surface area (Å²) in [7, 11) is 3.93. The zero-order valence-corrected chi connectivity index (χ0v) is 7.57. The highest BCUT2D eigenvalue weighted by Gasteiger charge is 2.10. The maximum absolute atomic E-state index is 9.11. The largest absolute Gasteiger partial charge is 0.394 e. The maximum atomic E-state index is 9.11. The van der Waals surface area contributed by atoms with Crippen molar-refractivity contribution in [3.8, 4) is 0 Å². The molecule has 1 aromatic carbocycles. The fourth-order valence-electron chi connectivity index (χ4n) is 1.24. The minimum atomic E-state index is 0.117. The van der Waals surface area contributed by atoms with Crippen molar-refractivity contribution in [2.45, 2.75) is 6.04 Å². The van der Waals surface area contributed by atoms with Gasteiger partial charge in [-0.2, -0.15) is 0 Å². The Balaban J connectivity index is 2.80.